The number of anilines is 1. The monoisotopic (exact) mass is 432 g/mol. The largest absolute Gasteiger partial charge is 0.355 e. The van der Waals surface area contributed by atoms with Gasteiger partial charge in [0.25, 0.3) is 0 Å². The zero-order valence-electron chi connectivity index (χ0n) is 18.6. The van der Waals surface area contributed by atoms with E-state index in [0.717, 1.165) is 25.2 Å². The van der Waals surface area contributed by atoms with Gasteiger partial charge in [-0.1, -0.05) is 55.0 Å². The van der Waals surface area contributed by atoms with Gasteiger partial charge in [-0.15, -0.1) is 0 Å². The molecule has 6 heteroatoms. The minimum absolute atomic E-state index is 0.100. The molecule has 2 aromatic carbocycles. The number of nitrogens with one attached hydrogen (secondary N) is 1. The molecular weight excluding hydrogens is 400 g/mol. The number of rotatable bonds is 10. The molecule has 0 bridgehead atoms. The summed E-state index contributed by atoms with van der Waals surface area (Å²) in [4.78, 5) is 29.3. The maximum Gasteiger partial charge on any atom is 0.227 e. The van der Waals surface area contributed by atoms with E-state index < -0.39 is 0 Å². The van der Waals surface area contributed by atoms with Crippen LogP contribution in [0.15, 0.2) is 60.7 Å². The van der Waals surface area contributed by atoms with Crippen molar-refractivity contribution in [3.05, 3.63) is 66.2 Å². The van der Waals surface area contributed by atoms with Crippen LogP contribution < -0.4 is 10.2 Å². The molecule has 0 radical (unpaired) electrons. The van der Waals surface area contributed by atoms with Gasteiger partial charge in [-0.2, -0.15) is 5.26 Å². The average Bonchev–Trinajstić information content (AvgIpc) is 2.84. The summed E-state index contributed by atoms with van der Waals surface area (Å²) in [6, 6.07) is 22.1. The maximum atomic E-state index is 12.7. The minimum Gasteiger partial charge on any atom is -0.355 e. The van der Waals surface area contributed by atoms with Gasteiger partial charge in [0.2, 0.25) is 11.8 Å². The van der Waals surface area contributed by atoms with Crippen molar-refractivity contribution in [1.82, 2.24) is 10.2 Å². The van der Waals surface area contributed by atoms with Gasteiger partial charge < -0.3 is 10.2 Å². The summed E-state index contributed by atoms with van der Waals surface area (Å²) < 4.78 is 0. The Kier molecular flexibility index (Phi) is 9.27. The van der Waals surface area contributed by atoms with Crippen LogP contribution in [0.5, 0.6) is 0 Å². The fourth-order valence-electron chi connectivity index (χ4n) is 4.16. The van der Waals surface area contributed by atoms with E-state index in [1.54, 1.807) is 4.90 Å². The first-order valence-electron chi connectivity index (χ1n) is 11.4. The third-order valence-corrected chi connectivity index (χ3v) is 5.89. The molecule has 0 spiro atoms. The highest BCUT2D eigenvalue weighted by Gasteiger charge is 2.23. The first kappa shape index (κ1) is 23.5. The van der Waals surface area contributed by atoms with E-state index >= 15 is 0 Å². The molecule has 1 fully saturated rings. The van der Waals surface area contributed by atoms with Crippen LogP contribution in [0.2, 0.25) is 0 Å². The molecule has 1 N–H and O–H groups in total. The van der Waals surface area contributed by atoms with E-state index in [1.165, 1.54) is 18.4 Å². The van der Waals surface area contributed by atoms with E-state index in [2.05, 4.69) is 40.6 Å². The number of likely N-dealkylation sites (tertiary alicyclic amines) is 1. The summed E-state index contributed by atoms with van der Waals surface area (Å²) in [6.45, 7) is 2.87. The number of piperidine rings is 1. The third kappa shape index (κ3) is 7.21. The van der Waals surface area contributed by atoms with Crippen LogP contribution in [-0.2, 0) is 16.1 Å². The molecule has 32 heavy (non-hydrogen) atoms. The van der Waals surface area contributed by atoms with E-state index in [1.807, 2.05) is 36.4 Å². The van der Waals surface area contributed by atoms with Gasteiger partial charge in [0.15, 0.2) is 0 Å². The number of carbonyl (C=O) groups excluding carboxylic acids is 2. The van der Waals surface area contributed by atoms with Crippen LogP contribution in [-0.4, -0.2) is 42.4 Å². The van der Waals surface area contributed by atoms with Crippen molar-refractivity contribution in [2.24, 2.45) is 0 Å². The zero-order valence-corrected chi connectivity index (χ0v) is 18.6. The summed E-state index contributed by atoms with van der Waals surface area (Å²) >= 11 is 0. The number of amides is 2. The van der Waals surface area contributed by atoms with Crippen LogP contribution in [0.25, 0.3) is 0 Å². The predicted octanol–water partition coefficient (Wildman–Crippen LogP) is 3.88. The summed E-state index contributed by atoms with van der Waals surface area (Å²) in [5, 5.41) is 12.0. The first-order valence-corrected chi connectivity index (χ1v) is 11.4. The Balaban J connectivity index is 1.47. The normalized spacial score (nSPS) is 16.2. The Morgan fingerprint density at radius 2 is 1.75 bits per heavy atom. The SMILES string of the molecule is N#CCCN(C(=O)CCC(=O)NCC1CCCCN1Cc1ccccc1)c1ccccc1. The second kappa shape index (κ2) is 12.6. The number of nitriles is 1. The number of hydrogen-bond donors (Lipinski definition) is 1. The molecule has 1 unspecified atom stereocenters. The standard InChI is InChI=1S/C26H32N4O2/c27-17-9-19-30(23-12-5-2-6-13-23)26(32)16-15-25(31)28-20-24-14-7-8-18-29(24)21-22-10-3-1-4-11-22/h1-6,10-13,24H,7-9,14-16,18-21H2,(H,28,31). The Hall–Kier alpha value is -3.17. The summed E-state index contributed by atoms with van der Waals surface area (Å²) in [7, 11) is 0. The number of para-hydroxylation sites is 1. The van der Waals surface area contributed by atoms with Crippen LogP contribution in [0.3, 0.4) is 0 Å². The molecule has 1 saturated heterocycles. The molecule has 6 nitrogen and oxygen atoms in total. The molecule has 2 amide bonds. The van der Waals surface area contributed by atoms with Crippen molar-refractivity contribution < 1.29 is 9.59 Å². The quantitative estimate of drug-likeness (QED) is 0.618. The Bertz CT molecular complexity index is 895. The molecule has 2 aromatic rings. The van der Waals surface area contributed by atoms with Crippen molar-refractivity contribution in [1.29, 1.82) is 5.26 Å². The summed E-state index contributed by atoms with van der Waals surface area (Å²) in [5.41, 5.74) is 2.04. The highest BCUT2D eigenvalue weighted by molar-refractivity contribution is 5.95. The van der Waals surface area contributed by atoms with Crippen LogP contribution in [0.4, 0.5) is 5.69 Å². The van der Waals surface area contributed by atoms with Crippen molar-refractivity contribution in [3.8, 4) is 6.07 Å². The number of benzene rings is 2. The second-order valence-electron chi connectivity index (χ2n) is 8.20. The maximum absolute atomic E-state index is 12.7. The van der Waals surface area contributed by atoms with Crippen LogP contribution in [0, 0.1) is 11.3 Å². The lowest BCUT2D eigenvalue weighted by Crippen LogP contribution is -2.46. The highest BCUT2D eigenvalue weighted by Crippen LogP contribution is 2.19. The lowest BCUT2D eigenvalue weighted by atomic mass is 10.0. The third-order valence-electron chi connectivity index (χ3n) is 5.89. The molecule has 3 rings (SSSR count). The molecule has 1 atom stereocenters. The zero-order chi connectivity index (χ0) is 22.6. The smallest absolute Gasteiger partial charge is 0.227 e. The number of nitrogens with zero attached hydrogens (tertiary/aromatic N) is 3. The molecule has 1 aliphatic rings. The summed E-state index contributed by atoms with van der Waals surface area (Å²) in [5.74, 6) is -0.234. The summed E-state index contributed by atoms with van der Waals surface area (Å²) in [6.07, 6.45) is 3.97. The Morgan fingerprint density at radius 3 is 2.47 bits per heavy atom. The van der Waals surface area contributed by atoms with E-state index in [0.29, 0.717) is 19.1 Å². The van der Waals surface area contributed by atoms with Gasteiger partial charge in [-0.3, -0.25) is 14.5 Å². The Morgan fingerprint density at radius 1 is 1.03 bits per heavy atom. The van der Waals surface area contributed by atoms with Gasteiger partial charge in [-0.25, -0.2) is 0 Å². The van der Waals surface area contributed by atoms with Gasteiger partial charge in [-0.05, 0) is 37.1 Å². The van der Waals surface area contributed by atoms with Crippen molar-refractivity contribution >= 4 is 17.5 Å². The Labute approximate surface area is 190 Å². The molecule has 0 saturated carbocycles. The van der Waals surface area contributed by atoms with Crippen molar-refractivity contribution in [3.63, 3.8) is 0 Å². The molecule has 1 heterocycles. The van der Waals surface area contributed by atoms with Gasteiger partial charge in [0.05, 0.1) is 12.5 Å². The highest BCUT2D eigenvalue weighted by atomic mass is 16.2. The second-order valence-corrected chi connectivity index (χ2v) is 8.20. The molecule has 1 aliphatic heterocycles. The van der Waals surface area contributed by atoms with Gasteiger partial charge in [0, 0.05) is 44.2 Å². The van der Waals surface area contributed by atoms with Crippen molar-refractivity contribution in [2.45, 2.75) is 51.1 Å². The molecule has 168 valence electrons. The first-order chi connectivity index (χ1) is 15.7. The minimum atomic E-state index is -0.134. The lowest BCUT2D eigenvalue weighted by Gasteiger charge is -2.36. The van der Waals surface area contributed by atoms with E-state index in [9.17, 15) is 9.59 Å². The topological polar surface area (TPSA) is 76.4 Å². The predicted molar refractivity (Wildman–Crippen MR) is 126 cm³/mol. The van der Waals surface area contributed by atoms with Crippen LogP contribution >= 0.6 is 0 Å². The molecule has 0 aromatic heterocycles. The number of carbonyl (C=O) groups is 2. The van der Waals surface area contributed by atoms with Gasteiger partial charge in [0.1, 0.15) is 0 Å². The molecular formula is C26H32N4O2. The lowest BCUT2D eigenvalue weighted by molar-refractivity contribution is -0.125. The fraction of sp³-hybridized carbons (Fsp3) is 0.423. The number of hydrogen-bond acceptors (Lipinski definition) is 4. The van der Waals surface area contributed by atoms with E-state index in [-0.39, 0.29) is 31.1 Å². The average molecular weight is 433 g/mol. The van der Waals surface area contributed by atoms with Crippen LogP contribution in [0.1, 0.15) is 44.1 Å². The fourth-order valence-corrected chi connectivity index (χ4v) is 4.16. The van der Waals surface area contributed by atoms with E-state index in [4.69, 9.17) is 5.26 Å². The molecule has 0 aliphatic carbocycles. The van der Waals surface area contributed by atoms with Gasteiger partial charge >= 0.3 is 0 Å². The van der Waals surface area contributed by atoms with Crippen molar-refractivity contribution in [2.75, 3.05) is 24.5 Å².